The minimum absolute atomic E-state index is 0.203. The Bertz CT molecular complexity index is 378. The van der Waals surface area contributed by atoms with Gasteiger partial charge in [0.2, 0.25) is 0 Å². The fourth-order valence-electron chi connectivity index (χ4n) is 3.94. The summed E-state index contributed by atoms with van der Waals surface area (Å²) >= 11 is 0. The predicted molar refractivity (Wildman–Crippen MR) is 110 cm³/mol. The van der Waals surface area contributed by atoms with Crippen molar-refractivity contribution in [3.8, 4) is 0 Å². The normalized spacial score (nSPS) is 24.4. The van der Waals surface area contributed by atoms with Crippen LogP contribution in [0.2, 0.25) is 0 Å². The molecule has 3 atom stereocenters. The van der Waals surface area contributed by atoms with Crippen molar-refractivity contribution in [2.75, 3.05) is 13.1 Å². The fourth-order valence-corrected chi connectivity index (χ4v) is 3.94. The van der Waals surface area contributed by atoms with Gasteiger partial charge in [-0.3, -0.25) is 4.48 Å². The molecule has 0 saturated heterocycles. The Kier molecular flexibility index (Phi) is 12.1. The largest absolute Gasteiger partial charge is 0.345 e. The number of unbranched alkanes of at least 4 members (excludes halogenated alkanes) is 10. The second-order valence-corrected chi connectivity index (χ2v) is 7.72. The molecule has 0 bridgehead atoms. The Morgan fingerprint density at radius 1 is 1.00 bits per heavy atom. The van der Waals surface area contributed by atoms with Crippen LogP contribution in [-0.2, 0) is 0 Å². The summed E-state index contributed by atoms with van der Waals surface area (Å²) in [5, 5.41) is 10.1. The van der Waals surface area contributed by atoms with E-state index in [1.54, 1.807) is 0 Å². The second kappa shape index (κ2) is 13.5. The van der Waals surface area contributed by atoms with Gasteiger partial charge < -0.3 is 5.11 Å². The highest BCUT2D eigenvalue weighted by Crippen LogP contribution is 2.25. The maximum Gasteiger partial charge on any atom is 0.189 e. The minimum atomic E-state index is -0.340. The third-order valence-corrected chi connectivity index (χ3v) is 5.86. The standard InChI is InChI=1S/C22H43N2O/c1-4-6-7-8-9-10-11-12-13-14-15-16-17-18-22-23-19-20-24(22,5-2)21(3)25/h16-17,19,21-22,25H,4-15,18,20H2,1-3H3/q+1/b17-16+. The average molecular weight is 352 g/mol. The van der Waals surface area contributed by atoms with Crippen molar-refractivity contribution in [1.29, 1.82) is 0 Å². The smallest absolute Gasteiger partial charge is 0.189 e. The van der Waals surface area contributed by atoms with Gasteiger partial charge in [0.1, 0.15) is 6.54 Å². The van der Waals surface area contributed by atoms with E-state index in [0.29, 0.717) is 4.48 Å². The van der Waals surface area contributed by atoms with Crippen LogP contribution in [-0.4, -0.2) is 41.3 Å². The molecule has 146 valence electrons. The van der Waals surface area contributed by atoms with Crippen LogP contribution in [0.1, 0.15) is 97.8 Å². The van der Waals surface area contributed by atoms with Crippen molar-refractivity contribution in [3.63, 3.8) is 0 Å². The summed E-state index contributed by atoms with van der Waals surface area (Å²) in [6, 6.07) is 0. The first-order valence-corrected chi connectivity index (χ1v) is 10.9. The first-order chi connectivity index (χ1) is 12.2. The third kappa shape index (κ3) is 8.04. The van der Waals surface area contributed by atoms with E-state index in [1.807, 2.05) is 13.1 Å². The molecule has 25 heavy (non-hydrogen) atoms. The van der Waals surface area contributed by atoms with Crippen molar-refractivity contribution in [2.45, 2.75) is 110 Å². The molecule has 0 aliphatic carbocycles. The molecule has 1 aliphatic rings. The lowest BCUT2D eigenvalue weighted by Gasteiger charge is -2.39. The molecule has 3 heteroatoms. The van der Waals surface area contributed by atoms with Gasteiger partial charge >= 0.3 is 0 Å². The summed E-state index contributed by atoms with van der Waals surface area (Å²) in [5.74, 6) is 0. The summed E-state index contributed by atoms with van der Waals surface area (Å²) < 4.78 is 0.697. The number of hydrogen-bond donors (Lipinski definition) is 1. The molecule has 1 aliphatic heterocycles. The van der Waals surface area contributed by atoms with E-state index in [0.717, 1.165) is 19.5 Å². The molecular weight excluding hydrogens is 308 g/mol. The predicted octanol–water partition coefficient (Wildman–Crippen LogP) is 5.83. The monoisotopic (exact) mass is 351 g/mol. The van der Waals surface area contributed by atoms with Gasteiger partial charge in [0.15, 0.2) is 12.4 Å². The maximum atomic E-state index is 10.1. The Morgan fingerprint density at radius 2 is 1.60 bits per heavy atom. The van der Waals surface area contributed by atoms with Crippen LogP contribution >= 0.6 is 0 Å². The van der Waals surface area contributed by atoms with E-state index in [2.05, 4.69) is 31.0 Å². The van der Waals surface area contributed by atoms with Crippen LogP contribution in [0.4, 0.5) is 0 Å². The van der Waals surface area contributed by atoms with E-state index in [1.165, 1.54) is 70.6 Å². The molecule has 3 nitrogen and oxygen atoms in total. The molecule has 0 fully saturated rings. The van der Waals surface area contributed by atoms with Gasteiger partial charge in [-0.15, -0.1) is 0 Å². The van der Waals surface area contributed by atoms with Crippen molar-refractivity contribution < 1.29 is 9.59 Å². The minimum Gasteiger partial charge on any atom is -0.345 e. The molecular formula is C22H43N2O+. The van der Waals surface area contributed by atoms with Crippen LogP contribution in [0.3, 0.4) is 0 Å². The highest BCUT2D eigenvalue weighted by atomic mass is 16.3. The van der Waals surface area contributed by atoms with E-state index >= 15 is 0 Å². The number of allylic oxidation sites excluding steroid dienone is 1. The van der Waals surface area contributed by atoms with Crippen molar-refractivity contribution in [3.05, 3.63) is 12.2 Å². The van der Waals surface area contributed by atoms with Crippen molar-refractivity contribution in [1.82, 2.24) is 0 Å². The molecule has 1 N–H and O–H groups in total. The first-order valence-electron chi connectivity index (χ1n) is 10.9. The number of nitrogens with zero attached hydrogens (tertiary/aromatic N) is 2. The van der Waals surface area contributed by atoms with Gasteiger partial charge in [0.05, 0.1) is 12.8 Å². The maximum absolute atomic E-state index is 10.1. The number of aliphatic hydroxyl groups excluding tert-OH is 1. The quantitative estimate of drug-likeness (QED) is 0.225. The molecule has 0 aromatic heterocycles. The molecule has 1 rings (SSSR count). The van der Waals surface area contributed by atoms with E-state index < -0.39 is 0 Å². The molecule has 1 heterocycles. The fraction of sp³-hybridized carbons (Fsp3) is 0.864. The summed E-state index contributed by atoms with van der Waals surface area (Å²) in [6.45, 7) is 8.14. The number of aliphatic hydroxyl groups is 1. The molecule has 3 unspecified atom stereocenters. The topological polar surface area (TPSA) is 32.6 Å². The van der Waals surface area contributed by atoms with Gasteiger partial charge in [0.25, 0.3) is 0 Å². The van der Waals surface area contributed by atoms with E-state index in [-0.39, 0.29) is 12.4 Å². The second-order valence-electron chi connectivity index (χ2n) is 7.72. The van der Waals surface area contributed by atoms with Crippen LogP contribution in [0.5, 0.6) is 0 Å². The van der Waals surface area contributed by atoms with Gasteiger partial charge in [-0.25, -0.2) is 4.99 Å². The van der Waals surface area contributed by atoms with Gasteiger partial charge in [-0.05, 0) is 19.8 Å². The Hall–Kier alpha value is -0.670. The lowest BCUT2D eigenvalue weighted by atomic mass is 10.1. The average Bonchev–Trinajstić information content (AvgIpc) is 3.03. The van der Waals surface area contributed by atoms with Crippen LogP contribution in [0.15, 0.2) is 17.1 Å². The number of rotatable bonds is 15. The van der Waals surface area contributed by atoms with Crippen LogP contribution in [0, 0.1) is 0 Å². The van der Waals surface area contributed by atoms with Crippen LogP contribution < -0.4 is 0 Å². The van der Waals surface area contributed by atoms with Crippen LogP contribution in [0.25, 0.3) is 0 Å². The molecule has 0 aromatic carbocycles. The Balaban J connectivity index is 2.02. The van der Waals surface area contributed by atoms with Gasteiger partial charge in [-0.2, -0.15) is 0 Å². The van der Waals surface area contributed by atoms with Crippen molar-refractivity contribution >= 4 is 6.21 Å². The lowest BCUT2D eigenvalue weighted by molar-refractivity contribution is -0.976. The zero-order valence-corrected chi connectivity index (χ0v) is 17.1. The third-order valence-electron chi connectivity index (χ3n) is 5.86. The highest BCUT2D eigenvalue weighted by molar-refractivity contribution is 5.60. The van der Waals surface area contributed by atoms with Gasteiger partial charge in [0, 0.05) is 13.3 Å². The van der Waals surface area contributed by atoms with E-state index in [4.69, 9.17) is 0 Å². The summed E-state index contributed by atoms with van der Waals surface area (Å²) in [7, 11) is 0. The summed E-state index contributed by atoms with van der Waals surface area (Å²) in [5.41, 5.74) is 0. The first kappa shape index (κ1) is 22.4. The molecule has 0 radical (unpaired) electrons. The zero-order chi connectivity index (χ0) is 18.4. The molecule has 0 spiro atoms. The SMILES string of the molecule is CCCCCCCCCCCC/C=C/CC1N=CC[N+]1(CC)C(C)O. The Labute approximate surface area is 156 Å². The lowest BCUT2D eigenvalue weighted by Crippen LogP contribution is -2.57. The summed E-state index contributed by atoms with van der Waals surface area (Å²) in [4.78, 5) is 4.61. The number of hydrogen-bond acceptors (Lipinski definition) is 2. The highest BCUT2D eigenvalue weighted by Gasteiger charge is 2.41. The van der Waals surface area contributed by atoms with Gasteiger partial charge in [-0.1, -0.05) is 76.9 Å². The molecule has 0 saturated carbocycles. The number of aliphatic imine (C=N–C) groups is 1. The zero-order valence-electron chi connectivity index (χ0n) is 17.1. The number of quaternary nitrogens is 1. The van der Waals surface area contributed by atoms with E-state index in [9.17, 15) is 5.11 Å². The summed E-state index contributed by atoms with van der Waals surface area (Å²) in [6.07, 6.45) is 22.6. The molecule has 0 amide bonds. The van der Waals surface area contributed by atoms with Crippen molar-refractivity contribution in [2.24, 2.45) is 4.99 Å². The molecule has 0 aromatic rings. The Morgan fingerprint density at radius 3 is 2.16 bits per heavy atom.